The molecule has 0 aliphatic carbocycles. The number of halogens is 1. The molecule has 0 saturated carbocycles. The van der Waals surface area contributed by atoms with Crippen molar-refractivity contribution in [3.63, 3.8) is 0 Å². The second-order valence-corrected chi connectivity index (χ2v) is 5.46. The highest BCUT2D eigenvalue weighted by Gasteiger charge is 2.22. The van der Waals surface area contributed by atoms with E-state index in [4.69, 9.17) is 16.3 Å². The number of carbonyl (C=O) groups is 1. The fraction of sp³-hybridized carbons (Fsp3) is 0.500. The Morgan fingerprint density at radius 1 is 1.45 bits per heavy atom. The molecule has 0 radical (unpaired) electrons. The van der Waals surface area contributed by atoms with Gasteiger partial charge in [0.25, 0.3) is 0 Å². The average molecular weight is 298 g/mol. The Hall–Kier alpha value is -1.46. The summed E-state index contributed by atoms with van der Waals surface area (Å²) in [6.45, 7) is 2.07. The van der Waals surface area contributed by atoms with Crippen LogP contribution in [0.25, 0.3) is 0 Å². The second kappa shape index (κ2) is 6.81. The minimum atomic E-state index is -0.0778. The summed E-state index contributed by atoms with van der Waals surface area (Å²) < 4.78 is 5.81. The first-order valence-corrected chi connectivity index (χ1v) is 7.05. The molecule has 0 aromatic heterocycles. The molecular formula is C14H20ClN3O2. The van der Waals surface area contributed by atoms with E-state index in [2.05, 4.69) is 10.6 Å². The number of nitrogens with zero attached hydrogens (tertiary/aromatic N) is 1. The van der Waals surface area contributed by atoms with Crippen LogP contribution in [0.3, 0.4) is 0 Å². The van der Waals surface area contributed by atoms with Crippen LogP contribution in [0.5, 0.6) is 5.75 Å². The van der Waals surface area contributed by atoms with Crippen molar-refractivity contribution < 1.29 is 9.53 Å². The normalized spacial score (nSPS) is 16.4. The van der Waals surface area contributed by atoms with Gasteiger partial charge in [-0.15, -0.1) is 0 Å². The van der Waals surface area contributed by atoms with E-state index in [1.165, 1.54) is 4.90 Å². The molecule has 1 aromatic rings. The molecule has 0 spiro atoms. The number of amides is 2. The molecule has 2 rings (SSSR count). The van der Waals surface area contributed by atoms with E-state index in [1.54, 1.807) is 14.1 Å². The zero-order chi connectivity index (χ0) is 14.5. The fourth-order valence-electron chi connectivity index (χ4n) is 2.08. The van der Waals surface area contributed by atoms with Gasteiger partial charge in [0, 0.05) is 45.2 Å². The summed E-state index contributed by atoms with van der Waals surface area (Å²) >= 11 is 5.96. The monoisotopic (exact) mass is 297 g/mol. The van der Waals surface area contributed by atoms with Crippen molar-refractivity contribution in [1.82, 2.24) is 15.5 Å². The van der Waals surface area contributed by atoms with Gasteiger partial charge in [-0.25, -0.2) is 4.79 Å². The zero-order valence-corrected chi connectivity index (χ0v) is 12.5. The first-order chi connectivity index (χ1) is 9.56. The number of carbonyl (C=O) groups excluding carboxylic acids is 1. The third-order valence-electron chi connectivity index (χ3n) is 3.12. The van der Waals surface area contributed by atoms with E-state index in [-0.39, 0.29) is 12.1 Å². The van der Waals surface area contributed by atoms with Crippen LogP contribution < -0.4 is 15.4 Å². The van der Waals surface area contributed by atoms with Gasteiger partial charge in [0.2, 0.25) is 0 Å². The Morgan fingerprint density at radius 2 is 2.25 bits per heavy atom. The van der Waals surface area contributed by atoms with Crippen LogP contribution in [0.1, 0.15) is 5.56 Å². The second-order valence-electron chi connectivity index (χ2n) is 5.03. The van der Waals surface area contributed by atoms with E-state index >= 15 is 0 Å². The van der Waals surface area contributed by atoms with Crippen LogP contribution in [-0.2, 0) is 6.42 Å². The van der Waals surface area contributed by atoms with Gasteiger partial charge in [-0.05, 0) is 23.8 Å². The molecule has 110 valence electrons. The third-order valence-corrected chi connectivity index (χ3v) is 3.36. The van der Waals surface area contributed by atoms with Gasteiger partial charge >= 0.3 is 6.03 Å². The summed E-state index contributed by atoms with van der Waals surface area (Å²) in [6, 6.07) is 5.63. The standard InChI is InChI=1S/C14H20ClN3O2/c1-18(2)14(19)17-6-5-16-9-12-8-10-7-11(15)3-4-13(10)20-12/h3-4,7,12,16H,5-6,8-9H2,1-2H3,(H,17,19). The first-order valence-electron chi connectivity index (χ1n) is 6.67. The number of ether oxygens (including phenoxy) is 1. The van der Waals surface area contributed by atoms with Crippen LogP contribution >= 0.6 is 11.6 Å². The predicted molar refractivity (Wildman–Crippen MR) is 79.5 cm³/mol. The summed E-state index contributed by atoms with van der Waals surface area (Å²) in [4.78, 5) is 12.8. The number of hydrogen-bond donors (Lipinski definition) is 2. The maximum atomic E-state index is 11.3. The molecule has 2 N–H and O–H groups in total. The lowest BCUT2D eigenvalue weighted by atomic mass is 10.1. The van der Waals surface area contributed by atoms with Gasteiger partial charge in [-0.1, -0.05) is 11.6 Å². The lowest BCUT2D eigenvalue weighted by Gasteiger charge is -2.14. The Morgan fingerprint density at radius 3 is 3.00 bits per heavy atom. The molecule has 6 heteroatoms. The molecule has 0 bridgehead atoms. The molecule has 1 atom stereocenters. The molecule has 0 saturated heterocycles. The highest BCUT2D eigenvalue weighted by atomic mass is 35.5. The lowest BCUT2D eigenvalue weighted by molar-refractivity contribution is 0.216. The summed E-state index contributed by atoms with van der Waals surface area (Å²) in [5.41, 5.74) is 1.16. The molecule has 2 amide bonds. The highest BCUT2D eigenvalue weighted by Crippen LogP contribution is 2.30. The Balaban J connectivity index is 1.64. The summed E-state index contributed by atoms with van der Waals surface area (Å²) in [7, 11) is 3.44. The van der Waals surface area contributed by atoms with E-state index in [0.717, 1.165) is 35.8 Å². The van der Waals surface area contributed by atoms with Crippen molar-refractivity contribution in [3.05, 3.63) is 28.8 Å². The fourth-order valence-corrected chi connectivity index (χ4v) is 2.28. The first kappa shape index (κ1) is 14.9. The molecular weight excluding hydrogens is 278 g/mol. The van der Waals surface area contributed by atoms with Crippen molar-refractivity contribution in [2.45, 2.75) is 12.5 Å². The molecule has 1 aliphatic rings. The van der Waals surface area contributed by atoms with Crippen molar-refractivity contribution >= 4 is 17.6 Å². The van der Waals surface area contributed by atoms with Crippen molar-refractivity contribution in [2.75, 3.05) is 33.7 Å². The zero-order valence-electron chi connectivity index (χ0n) is 11.8. The number of rotatable bonds is 5. The predicted octanol–water partition coefficient (Wildman–Crippen LogP) is 1.50. The van der Waals surface area contributed by atoms with E-state index in [0.29, 0.717) is 6.54 Å². The quantitative estimate of drug-likeness (QED) is 0.810. The van der Waals surface area contributed by atoms with Crippen LogP contribution in [0, 0.1) is 0 Å². The number of hydrogen-bond acceptors (Lipinski definition) is 3. The van der Waals surface area contributed by atoms with E-state index < -0.39 is 0 Å². The van der Waals surface area contributed by atoms with Crippen molar-refractivity contribution in [2.24, 2.45) is 0 Å². The minimum Gasteiger partial charge on any atom is -0.488 e. The van der Waals surface area contributed by atoms with Crippen molar-refractivity contribution in [1.29, 1.82) is 0 Å². The molecule has 1 aliphatic heterocycles. The van der Waals surface area contributed by atoms with Crippen molar-refractivity contribution in [3.8, 4) is 5.75 Å². The van der Waals surface area contributed by atoms with Crippen LogP contribution in [0.15, 0.2) is 18.2 Å². The molecule has 5 nitrogen and oxygen atoms in total. The molecule has 0 fully saturated rings. The highest BCUT2D eigenvalue weighted by molar-refractivity contribution is 6.30. The third kappa shape index (κ3) is 4.02. The Labute approximate surface area is 124 Å². The maximum absolute atomic E-state index is 11.3. The Kier molecular flexibility index (Phi) is 5.09. The van der Waals surface area contributed by atoms with E-state index in [1.807, 2.05) is 18.2 Å². The SMILES string of the molecule is CN(C)C(=O)NCCNCC1Cc2cc(Cl)ccc2O1. The number of fused-ring (bicyclic) bond motifs is 1. The summed E-state index contributed by atoms with van der Waals surface area (Å²) in [5, 5.41) is 6.82. The number of nitrogens with one attached hydrogen (secondary N) is 2. The van der Waals surface area contributed by atoms with Gasteiger partial charge in [0.15, 0.2) is 0 Å². The molecule has 1 heterocycles. The minimum absolute atomic E-state index is 0.0778. The lowest BCUT2D eigenvalue weighted by Crippen LogP contribution is -2.40. The largest absolute Gasteiger partial charge is 0.488 e. The molecule has 1 unspecified atom stereocenters. The molecule has 1 aromatic carbocycles. The maximum Gasteiger partial charge on any atom is 0.316 e. The van der Waals surface area contributed by atoms with Gasteiger partial charge in [0.1, 0.15) is 11.9 Å². The van der Waals surface area contributed by atoms with Gasteiger partial charge < -0.3 is 20.3 Å². The average Bonchev–Trinajstić information content (AvgIpc) is 2.79. The van der Waals surface area contributed by atoms with Crippen LogP contribution in [0.4, 0.5) is 4.79 Å². The smallest absolute Gasteiger partial charge is 0.316 e. The number of benzene rings is 1. The molecule has 20 heavy (non-hydrogen) atoms. The van der Waals surface area contributed by atoms with Gasteiger partial charge in [-0.2, -0.15) is 0 Å². The summed E-state index contributed by atoms with van der Waals surface area (Å²) in [6.07, 6.45) is 1.00. The van der Waals surface area contributed by atoms with E-state index in [9.17, 15) is 4.79 Å². The van der Waals surface area contributed by atoms with Gasteiger partial charge in [-0.3, -0.25) is 0 Å². The van der Waals surface area contributed by atoms with Crippen LogP contribution in [0.2, 0.25) is 5.02 Å². The number of urea groups is 1. The topological polar surface area (TPSA) is 53.6 Å². The Bertz CT molecular complexity index is 479. The van der Waals surface area contributed by atoms with Gasteiger partial charge in [0.05, 0.1) is 0 Å². The van der Waals surface area contributed by atoms with Crippen LogP contribution in [-0.4, -0.2) is 50.8 Å². The summed E-state index contributed by atoms with van der Waals surface area (Å²) in [5.74, 6) is 0.919.